The number of nitrogens with one attached hydrogen (secondary N) is 1. The molecule has 7 nitrogen and oxygen atoms in total. The van der Waals surface area contributed by atoms with Crippen LogP contribution in [0.5, 0.6) is 0 Å². The third-order valence-corrected chi connectivity index (χ3v) is 6.43. The number of β-amino-alcohol motifs (C(OH)–C–C–N with tert-alkyl or cyclic N) is 1. The molecule has 34 heavy (non-hydrogen) atoms. The molecular formula is C23H22F3N5O2S. The number of hydrogen-bond acceptors (Lipinski definition) is 7. The van der Waals surface area contributed by atoms with Crippen LogP contribution in [0.2, 0.25) is 0 Å². The van der Waals surface area contributed by atoms with E-state index in [0.29, 0.717) is 31.0 Å². The van der Waals surface area contributed by atoms with Crippen molar-refractivity contribution in [2.24, 2.45) is 5.73 Å². The van der Waals surface area contributed by atoms with Crippen LogP contribution in [0, 0.1) is 0 Å². The quantitative estimate of drug-likeness (QED) is 0.452. The second-order valence-electron chi connectivity index (χ2n) is 7.81. The van der Waals surface area contributed by atoms with Crippen molar-refractivity contribution in [1.82, 2.24) is 14.3 Å². The van der Waals surface area contributed by atoms with Gasteiger partial charge in [-0.25, -0.2) is 14.3 Å². The summed E-state index contributed by atoms with van der Waals surface area (Å²) in [6.07, 6.45) is -3.78. The van der Waals surface area contributed by atoms with Crippen molar-refractivity contribution in [1.29, 1.82) is 0 Å². The van der Waals surface area contributed by atoms with Crippen LogP contribution in [0.4, 0.5) is 19.0 Å². The molecule has 2 aromatic heterocycles. The summed E-state index contributed by atoms with van der Waals surface area (Å²) in [6.45, 7) is 1.05. The molecule has 1 aliphatic rings. The van der Waals surface area contributed by atoms with Crippen LogP contribution in [0.25, 0.3) is 11.3 Å². The standard InChI is InChI=1S/C23H22F3N5O2S/c24-23(25,26)15-6-9-21(28-12-15)30-18-10-11-31(13-20(18)32)34-16-7-4-14(5-8-16)17-2-1-3-19(29-17)22(27)33/h1-9,12,18,20,32H,10-11,13H2,(H2,27,33)(H,28,30). The van der Waals surface area contributed by atoms with Crippen molar-refractivity contribution in [3.8, 4) is 11.3 Å². The van der Waals surface area contributed by atoms with Gasteiger partial charge >= 0.3 is 6.18 Å². The van der Waals surface area contributed by atoms with E-state index in [9.17, 15) is 23.1 Å². The highest BCUT2D eigenvalue weighted by atomic mass is 32.2. The number of nitrogens with two attached hydrogens (primary N) is 1. The summed E-state index contributed by atoms with van der Waals surface area (Å²) in [5.41, 5.74) is 6.18. The third kappa shape index (κ3) is 5.85. The van der Waals surface area contributed by atoms with Crippen LogP contribution in [-0.4, -0.2) is 50.5 Å². The van der Waals surface area contributed by atoms with Gasteiger partial charge in [0.25, 0.3) is 5.91 Å². The van der Waals surface area contributed by atoms with E-state index in [4.69, 9.17) is 5.73 Å². The highest BCUT2D eigenvalue weighted by molar-refractivity contribution is 7.97. The van der Waals surface area contributed by atoms with E-state index in [1.165, 1.54) is 18.0 Å². The Morgan fingerprint density at radius 1 is 1.15 bits per heavy atom. The van der Waals surface area contributed by atoms with Gasteiger partial charge in [0.15, 0.2) is 0 Å². The molecule has 4 rings (SSSR count). The summed E-state index contributed by atoms with van der Waals surface area (Å²) in [5, 5.41) is 13.6. The van der Waals surface area contributed by atoms with E-state index in [-0.39, 0.29) is 11.7 Å². The number of carbonyl (C=O) groups is 1. The summed E-state index contributed by atoms with van der Waals surface area (Å²) in [7, 11) is 0. The molecule has 1 amide bonds. The lowest BCUT2D eigenvalue weighted by atomic mass is 10.0. The Morgan fingerprint density at radius 2 is 1.91 bits per heavy atom. The molecule has 1 fully saturated rings. The van der Waals surface area contributed by atoms with Gasteiger partial charge in [0.05, 0.1) is 23.4 Å². The number of alkyl halides is 3. The van der Waals surface area contributed by atoms with E-state index in [0.717, 1.165) is 22.7 Å². The summed E-state index contributed by atoms with van der Waals surface area (Å²) in [5.74, 6) is -0.290. The average Bonchev–Trinajstić information content (AvgIpc) is 2.81. The predicted octanol–water partition coefficient (Wildman–Crippen LogP) is 3.82. The van der Waals surface area contributed by atoms with Crippen molar-refractivity contribution < 1.29 is 23.1 Å². The number of aliphatic hydroxyl groups is 1. The lowest BCUT2D eigenvalue weighted by molar-refractivity contribution is -0.137. The minimum atomic E-state index is -4.43. The molecule has 0 bridgehead atoms. The highest BCUT2D eigenvalue weighted by Gasteiger charge is 2.31. The summed E-state index contributed by atoms with van der Waals surface area (Å²) in [6, 6.07) is 14.7. The van der Waals surface area contributed by atoms with Crippen LogP contribution >= 0.6 is 11.9 Å². The van der Waals surface area contributed by atoms with Gasteiger partial charge < -0.3 is 16.2 Å². The maximum atomic E-state index is 12.7. The zero-order chi connectivity index (χ0) is 24.3. The van der Waals surface area contributed by atoms with Crippen LogP contribution in [-0.2, 0) is 6.18 Å². The predicted molar refractivity (Wildman–Crippen MR) is 123 cm³/mol. The lowest BCUT2D eigenvalue weighted by Crippen LogP contribution is -2.47. The number of carbonyl (C=O) groups excluding carboxylic acids is 1. The van der Waals surface area contributed by atoms with E-state index < -0.39 is 23.8 Å². The Morgan fingerprint density at radius 3 is 2.53 bits per heavy atom. The molecule has 0 spiro atoms. The van der Waals surface area contributed by atoms with Crippen molar-refractivity contribution in [3.63, 3.8) is 0 Å². The van der Waals surface area contributed by atoms with Gasteiger partial charge in [0, 0.05) is 29.7 Å². The van der Waals surface area contributed by atoms with Crippen molar-refractivity contribution in [3.05, 3.63) is 72.1 Å². The average molecular weight is 490 g/mol. The Bertz CT molecular complexity index is 1140. The number of nitrogens with zero attached hydrogens (tertiary/aromatic N) is 3. The number of primary amides is 1. The van der Waals surface area contributed by atoms with E-state index in [1.807, 2.05) is 28.6 Å². The number of aliphatic hydroxyl groups excluding tert-OH is 1. The molecule has 3 heterocycles. The van der Waals surface area contributed by atoms with Crippen molar-refractivity contribution in [2.75, 3.05) is 18.4 Å². The molecule has 0 saturated carbocycles. The number of amides is 1. The molecule has 0 aliphatic carbocycles. The molecule has 4 N–H and O–H groups in total. The number of benzene rings is 1. The zero-order valence-electron chi connectivity index (χ0n) is 17.9. The first kappa shape index (κ1) is 24.0. The minimum Gasteiger partial charge on any atom is -0.390 e. The van der Waals surface area contributed by atoms with Gasteiger partial charge in [-0.1, -0.05) is 18.2 Å². The fourth-order valence-electron chi connectivity index (χ4n) is 3.56. The first-order valence-electron chi connectivity index (χ1n) is 10.5. The first-order valence-corrected chi connectivity index (χ1v) is 11.2. The monoisotopic (exact) mass is 489 g/mol. The molecule has 178 valence electrons. The van der Waals surface area contributed by atoms with Crippen LogP contribution < -0.4 is 11.1 Å². The molecule has 1 aliphatic heterocycles. The first-order chi connectivity index (χ1) is 16.2. The van der Waals surface area contributed by atoms with Gasteiger partial charge in [-0.05, 0) is 54.8 Å². The highest BCUT2D eigenvalue weighted by Crippen LogP contribution is 2.31. The van der Waals surface area contributed by atoms with E-state index in [2.05, 4.69) is 15.3 Å². The number of piperidine rings is 1. The van der Waals surface area contributed by atoms with Gasteiger partial charge in [-0.2, -0.15) is 13.2 Å². The number of pyridine rings is 2. The Kier molecular flexibility index (Phi) is 7.05. The molecule has 1 aromatic carbocycles. The summed E-state index contributed by atoms with van der Waals surface area (Å²) < 4.78 is 40.1. The van der Waals surface area contributed by atoms with Crippen LogP contribution in [0.3, 0.4) is 0 Å². The Balaban J connectivity index is 1.32. The van der Waals surface area contributed by atoms with Crippen LogP contribution in [0.1, 0.15) is 22.5 Å². The largest absolute Gasteiger partial charge is 0.417 e. The molecular weight excluding hydrogens is 467 g/mol. The second-order valence-corrected chi connectivity index (χ2v) is 8.98. The molecule has 0 radical (unpaired) electrons. The van der Waals surface area contributed by atoms with Crippen molar-refractivity contribution >= 4 is 23.7 Å². The zero-order valence-corrected chi connectivity index (χ0v) is 18.7. The fraction of sp³-hybridized carbons (Fsp3) is 0.261. The van der Waals surface area contributed by atoms with Gasteiger partial charge in [0.1, 0.15) is 11.5 Å². The summed E-state index contributed by atoms with van der Waals surface area (Å²) in [4.78, 5) is 20.4. The maximum Gasteiger partial charge on any atom is 0.417 e. The third-order valence-electron chi connectivity index (χ3n) is 5.35. The van der Waals surface area contributed by atoms with Gasteiger partial charge in [0.2, 0.25) is 0 Å². The fourth-order valence-corrected chi connectivity index (χ4v) is 4.54. The van der Waals surface area contributed by atoms with Gasteiger partial charge in [-0.3, -0.25) is 4.79 Å². The smallest absolute Gasteiger partial charge is 0.390 e. The number of anilines is 1. The molecule has 11 heteroatoms. The molecule has 3 aromatic rings. The van der Waals surface area contributed by atoms with Gasteiger partial charge in [-0.15, -0.1) is 0 Å². The SMILES string of the molecule is NC(=O)c1cccc(-c2ccc(SN3CCC(Nc4ccc(C(F)(F)F)cn4)C(O)C3)cc2)n1. The Hall–Kier alpha value is -3.15. The number of rotatable bonds is 6. The number of aromatic nitrogens is 2. The van der Waals surface area contributed by atoms with E-state index >= 15 is 0 Å². The maximum absolute atomic E-state index is 12.7. The second kappa shape index (κ2) is 10.00. The van der Waals surface area contributed by atoms with E-state index in [1.54, 1.807) is 18.2 Å². The molecule has 1 saturated heterocycles. The number of halogens is 3. The number of hydrogen-bond donors (Lipinski definition) is 3. The molecule has 2 atom stereocenters. The minimum absolute atomic E-state index is 0.202. The normalized spacial score (nSPS) is 19.1. The Labute approximate surface area is 198 Å². The molecule has 2 unspecified atom stereocenters. The topological polar surface area (TPSA) is 104 Å². The van der Waals surface area contributed by atoms with Crippen molar-refractivity contribution in [2.45, 2.75) is 29.6 Å². The van der Waals surface area contributed by atoms with Crippen LogP contribution in [0.15, 0.2) is 65.7 Å². The lowest BCUT2D eigenvalue weighted by Gasteiger charge is -2.35. The summed E-state index contributed by atoms with van der Waals surface area (Å²) >= 11 is 1.50.